The largest absolute Gasteiger partial charge is 0.481 e. The number of ether oxygens (including phenoxy) is 9. The third-order valence-corrected chi connectivity index (χ3v) is 10.3. The van der Waals surface area contributed by atoms with Gasteiger partial charge in [-0.3, -0.25) is 19.2 Å². The highest BCUT2D eigenvalue weighted by molar-refractivity contribution is 5.87. The van der Waals surface area contributed by atoms with Crippen LogP contribution in [0.3, 0.4) is 0 Å². The van der Waals surface area contributed by atoms with Gasteiger partial charge in [-0.05, 0) is 88.0 Å². The van der Waals surface area contributed by atoms with Gasteiger partial charge in [0.25, 0.3) is 0 Å². The van der Waals surface area contributed by atoms with E-state index in [1.54, 1.807) is 55.4 Å². The second-order valence-electron chi connectivity index (χ2n) is 17.3. The van der Waals surface area contributed by atoms with E-state index in [4.69, 9.17) is 47.7 Å². The maximum atomic E-state index is 13.5. The topological polar surface area (TPSA) is 237 Å². The molecular formula is C39H66N4O15. The van der Waals surface area contributed by atoms with Crippen molar-refractivity contribution < 1.29 is 71.7 Å². The predicted octanol–water partition coefficient (Wildman–Crippen LogP) is 2.36. The molecule has 0 spiro atoms. The van der Waals surface area contributed by atoms with Crippen LogP contribution in [0.25, 0.3) is 0 Å². The predicted molar refractivity (Wildman–Crippen MR) is 204 cm³/mol. The summed E-state index contributed by atoms with van der Waals surface area (Å²) in [5, 5.41) is 20.4. The molecule has 4 rings (SSSR count). The third kappa shape index (κ3) is 13.2. The van der Waals surface area contributed by atoms with Gasteiger partial charge in [-0.2, -0.15) is 0 Å². The Hall–Kier alpha value is -3.17. The van der Waals surface area contributed by atoms with Crippen molar-refractivity contribution in [2.24, 2.45) is 0 Å². The molecule has 4 aliphatic heterocycles. The fourth-order valence-electron chi connectivity index (χ4n) is 7.66. The van der Waals surface area contributed by atoms with Crippen molar-refractivity contribution in [1.29, 1.82) is 0 Å². The van der Waals surface area contributed by atoms with Gasteiger partial charge in [-0.1, -0.05) is 12.8 Å². The van der Waals surface area contributed by atoms with E-state index in [-0.39, 0.29) is 18.7 Å². The van der Waals surface area contributed by atoms with Crippen LogP contribution in [0.2, 0.25) is 0 Å². The Bertz CT molecular complexity index is 1440. The molecule has 4 saturated heterocycles. The maximum Gasteiger partial charge on any atom is 0.408 e. The van der Waals surface area contributed by atoms with Crippen LogP contribution in [-0.4, -0.2) is 140 Å². The summed E-state index contributed by atoms with van der Waals surface area (Å²) in [5.74, 6) is -3.95. The molecular weight excluding hydrogens is 764 g/mol. The van der Waals surface area contributed by atoms with Crippen LogP contribution >= 0.6 is 0 Å². The van der Waals surface area contributed by atoms with Crippen LogP contribution in [0.1, 0.15) is 114 Å². The van der Waals surface area contributed by atoms with Gasteiger partial charge < -0.3 is 69.0 Å². The number of nitrogens with one attached hydrogen (secondary N) is 4. The number of amides is 4. The van der Waals surface area contributed by atoms with E-state index in [1.807, 2.05) is 0 Å². The van der Waals surface area contributed by atoms with Gasteiger partial charge in [0.15, 0.2) is 24.2 Å². The molecule has 4 heterocycles. The molecule has 5 N–H and O–H groups in total. The molecule has 19 nitrogen and oxygen atoms in total. The number of unbranched alkanes of at least 4 members (excludes halogenated alkanes) is 2. The molecule has 0 aromatic carbocycles. The molecule has 12 atom stereocenters. The SMILES string of the molecule is CO[C@@H]1[C@H]2OC(C)(C)O[C@H]2O[C@@H]1[C@H](CCCCC(=O)O)NC(=O)[C@H](C)NC(=O)CCCC[C@H](NC(=O)[C@H](C)NC(=O)OC(C)(C)C)[C@H]1O[C@@H]2OC(C)(C)O[C@@H]2[C@H]1OC. The van der Waals surface area contributed by atoms with Crippen molar-refractivity contribution in [2.45, 2.75) is 204 Å². The number of carboxylic acids is 1. The molecule has 4 fully saturated rings. The Balaban J connectivity index is 1.33. The summed E-state index contributed by atoms with van der Waals surface area (Å²) in [6.07, 6.45) is -3.10. The van der Waals surface area contributed by atoms with Gasteiger partial charge in [0.1, 0.15) is 54.3 Å². The van der Waals surface area contributed by atoms with Crippen molar-refractivity contribution in [1.82, 2.24) is 21.3 Å². The zero-order valence-corrected chi connectivity index (χ0v) is 35.7. The van der Waals surface area contributed by atoms with Crippen LogP contribution in [0.15, 0.2) is 0 Å². The summed E-state index contributed by atoms with van der Waals surface area (Å²) in [6.45, 7) is 15.4. The summed E-state index contributed by atoms with van der Waals surface area (Å²) in [5.41, 5.74) is -0.751. The summed E-state index contributed by atoms with van der Waals surface area (Å²) < 4.78 is 53.2. The Morgan fingerprint density at radius 1 is 0.655 bits per heavy atom. The van der Waals surface area contributed by atoms with Crippen LogP contribution < -0.4 is 21.3 Å². The smallest absolute Gasteiger partial charge is 0.408 e. The van der Waals surface area contributed by atoms with E-state index >= 15 is 0 Å². The molecule has 4 aliphatic rings. The van der Waals surface area contributed by atoms with E-state index in [0.717, 1.165) is 0 Å². The van der Waals surface area contributed by atoms with Crippen molar-refractivity contribution >= 4 is 29.8 Å². The van der Waals surface area contributed by atoms with Crippen molar-refractivity contribution in [3.05, 3.63) is 0 Å². The number of methoxy groups -OCH3 is 2. The fourth-order valence-corrected chi connectivity index (χ4v) is 7.66. The minimum absolute atomic E-state index is 0.0155. The van der Waals surface area contributed by atoms with E-state index < -0.39 is 114 Å². The molecule has 332 valence electrons. The van der Waals surface area contributed by atoms with E-state index in [1.165, 1.54) is 21.1 Å². The average Bonchev–Trinajstić information content (AvgIpc) is 3.79. The second-order valence-corrected chi connectivity index (χ2v) is 17.3. The molecule has 58 heavy (non-hydrogen) atoms. The number of aliphatic carboxylic acids is 1. The lowest BCUT2D eigenvalue weighted by Gasteiger charge is -2.32. The first-order valence-electron chi connectivity index (χ1n) is 20.2. The average molecular weight is 831 g/mol. The molecule has 0 aliphatic carbocycles. The Kier molecular flexibility index (Phi) is 16.3. The Morgan fingerprint density at radius 3 is 1.50 bits per heavy atom. The highest BCUT2D eigenvalue weighted by Crippen LogP contribution is 2.41. The highest BCUT2D eigenvalue weighted by Gasteiger charge is 2.58. The minimum atomic E-state index is -0.942. The number of hydrogen-bond acceptors (Lipinski definition) is 14. The second kappa shape index (κ2) is 19.9. The van der Waals surface area contributed by atoms with Gasteiger partial charge in [0.05, 0.1) is 12.1 Å². The lowest BCUT2D eigenvalue weighted by Crippen LogP contribution is -2.55. The molecule has 4 amide bonds. The molecule has 0 unspecified atom stereocenters. The van der Waals surface area contributed by atoms with Crippen LogP contribution in [0, 0.1) is 0 Å². The summed E-state index contributed by atoms with van der Waals surface area (Å²) in [6, 6.07) is -3.05. The molecule has 0 aromatic rings. The fraction of sp³-hybridized carbons (Fsp3) is 0.872. The van der Waals surface area contributed by atoms with Crippen molar-refractivity contribution in [2.75, 3.05) is 14.2 Å². The summed E-state index contributed by atoms with van der Waals surface area (Å²) in [4.78, 5) is 63.4. The highest BCUT2D eigenvalue weighted by atomic mass is 16.9. The normalized spacial score (nSPS) is 30.3. The molecule has 0 saturated carbocycles. The van der Waals surface area contributed by atoms with Crippen molar-refractivity contribution in [3.8, 4) is 0 Å². The van der Waals surface area contributed by atoms with Gasteiger partial charge in [0, 0.05) is 27.1 Å². The summed E-state index contributed by atoms with van der Waals surface area (Å²) >= 11 is 0. The first-order chi connectivity index (χ1) is 27.0. The Labute approximate surface area is 340 Å². The maximum absolute atomic E-state index is 13.5. The standard InChI is InChI=1S/C39H66N4O15/c1-20(32(47)42-23(17-13-15-19-25(45)46)27-29(51-11)31-35(53-27)57-39(8,9)55-31)40-24(44)18-14-12-16-22(43-33(48)21(2)41-36(49)58-37(3,4)5)26-28(50-10)30-34(52-26)56-38(6,7)54-30/h20-23,26-31,34-35H,12-19H2,1-11H3,(H,40,44)(H,41,49)(H,42,47)(H,43,48)(H,45,46)/t20-,21-,22-,23-,26+,27+,28-,29-,30+,31+,34+,35+/m0/s1. The van der Waals surface area contributed by atoms with Gasteiger partial charge in [-0.25, -0.2) is 4.79 Å². The monoisotopic (exact) mass is 830 g/mol. The molecule has 0 radical (unpaired) electrons. The Morgan fingerprint density at radius 2 is 1.09 bits per heavy atom. The number of hydrogen-bond donors (Lipinski definition) is 5. The van der Waals surface area contributed by atoms with Crippen LogP contribution in [0.5, 0.6) is 0 Å². The zero-order valence-electron chi connectivity index (χ0n) is 35.7. The van der Waals surface area contributed by atoms with Gasteiger partial charge in [-0.15, -0.1) is 0 Å². The summed E-state index contributed by atoms with van der Waals surface area (Å²) in [7, 11) is 3.05. The number of carboxylic acid groups (broad SMARTS) is 1. The van der Waals surface area contributed by atoms with Crippen molar-refractivity contribution in [3.63, 3.8) is 0 Å². The van der Waals surface area contributed by atoms with E-state index in [9.17, 15) is 24.0 Å². The first kappa shape index (κ1) is 47.5. The lowest BCUT2D eigenvalue weighted by atomic mass is 9.97. The van der Waals surface area contributed by atoms with E-state index in [2.05, 4.69) is 21.3 Å². The number of alkyl carbamates (subject to hydrolysis) is 1. The third-order valence-electron chi connectivity index (χ3n) is 10.3. The quantitative estimate of drug-likeness (QED) is 0.111. The number of carbonyl (C=O) groups is 5. The van der Waals surface area contributed by atoms with Crippen LogP contribution in [0.4, 0.5) is 4.79 Å². The number of fused-ring (bicyclic) bond motifs is 2. The molecule has 0 aromatic heterocycles. The molecule has 19 heteroatoms. The molecule has 0 bridgehead atoms. The van der Waals surface area contributed by atoms with Crippen LogP contribution in [-0.2, 0) is 61.8 Å². The number of carbonyl (C=O) groups excluding carboxylic acids is 4. The number of rotatable bonds is 20. The van der Waals surface area contributed by atoms with E-state index in [0.29, 0.717) is 38.5 Å². The lowest BCUT2D eigenvalue weighted by molar-refractivity contribution is -0.220. The minimum Gasteiger partial charge on any atom is -0.481 e. The first-order valence-corrected chi connectivity index (χ1v) is 20.2. The van der Waals surface area contributed by atoms with Gasteiger partial charge in [0.2, 0.25) is 17.7 Å². The zero-order chi connectivity index (χ0) is 43.2. The van der Waals surface area contributed by atoms with Gasteiger partial charge >= 0.3 is 12.1 Å².